The van der Waals surface area contributed by atoms with Crippen molar-refractivity contribution >= 4 is 23.5 Å². The number of piperidine rings is 1. The number of ether oxygens (including phenoxy) is 1. The number of hydrogen-bond donors (Lipinski definition) is 1. The lowest BCUT2D eigenvalue weighted by Gasteiger charge is -2.40. The Bertz CT molecular complexity index is 1250. The Labute approximate surface area is 225 Å². The van der Waals surface area contributed by atoms with E-state index < -0.39 is 29.1 Å². The van der Waals surface area contributed by atoms with Crippen molar-refractivity contribution < 1.29 is 22.7 Å². The topological polar surface area (TPSA) is 93.8 Å². The van der Waals surface area contributed by atoms with Gasteiger partial charge >= 0.3 is 6.18 Å². The van der Waals surface area contributed by atoms with Crippen molar-refractivity contribution in [2.75, 3.05) is 30.0 Å². The molecule has 39 heavy (non-hydrogen) atoms. The van der Waals surface area contributed by atoms with Gasteiger partial charge in [-0.1, -0.05) is 0 Å². The van der Waals surface area contributed by atoms with E-state index in [1.165, 1.54) is 23.4 Å². The monoisotopic (exact) mass is 540 g/mol. The number of benzene rings is 1. The number of alkyl halides is 3. The Morgan fingerprint density at radius 3 is 2.44 bits per heavy atom. The third-order valence-corrected chi connectivity index (χ3v) is 8.21. The molecule has 4 atom stereocenters. The van der Waals surface area contributed by atoms with Gasteiger partial charge in [-0.3, -0.25) is 19.7 Å². The SMILES string of the molecule is CC1OCCC1N1CCC(C#N)(c2ccc(NC(=O)C3C=NN(c4ccc(C(F)(F)F)cc4)C3C)cn2)CC1. The number of anilines is 2. The minimum atomic E-state index is -4.42. The summed E-state index contributed by atoms with van der Waals surface area (Å²) in [6.45, 7) is 6.28. The second-order valence-electron chi connectivity index (χ2n) is 10.5. The Balaban J connectivity index is 1.19. The van der Waals surface area contributed by atoms with Crippen molar-refractivity contribution in [3.63, 3.8) is 0 Å². The summed E-state index contributed by atoms with van der Waals surface area (Å²) in [5, 5.41) is 18.7. The number of nitrogens with one attached hydrogen (secondary N) is 1. The van der Waals surface area contributed by atoms with Crippen LogP contribution in [0.15, 0.2) is 47.7 Å². The lowest BCUT2D eigenvalue weighted by molar-refractivity contribution is -0.137. The smallest absolute Gasteiger partial charge is 0.377 e. The predicted molar refractivity (Wildman–Crippen MR) is 140 cm³/mol. The van der Waals surface area contributed by atoms with Crippen molar-refractivity contribution in [3.8, 4) is 6.07 Å². The molecule has 5 rings (SSSR count). The maximum absolute atomic E-state index is 13.0. The minimum Gasteiger partial charge on any atom is -0.377 e. The average Bonchev–Trinajstić information content (AvgIpc) is 3.54. The highest BCUT2D eigenvalue weighted by Crippen LogP contribution is 2.37. The summed E-state index contributed by atoms with van der Waals surface area (Å²) in [7, 11) is 0. The molecule has 0 spiro atoms. The Morgan fingerprint density at radius 1 is 1.15 bits per heavy atom. The molecule has 206 valence electrons. The molecule has 0 aliphatic carbocycles. The Kier molecular flexibility index (Phi) is 7.35. The first-order valence-electron chi connectivity index (χ1n) is 13.2. The molecule has 0 bridgehead atoms. The van der Waals surface area contributed by atoms with Crippen molar-refractivity contribution in [1.82, 2.24) is 9.88 Å². The van der Waals surface area contributed by atoms with Crippen LogP contribution in [0.4, 0.5) is 24.5 Å². The second kappa shape index (κ2) is 10.6. The van der Waals surface area contributed by atoms with E-state index in [1.807, 2.05) is 0 Å². The normalized spacial score (nSPS) is 26.9. The first kappa shape index (κ1) is 27.1. The van der Waals surface area contributed by atoms with Gasteiger partial charge < -0.3 is 10.1 Å². The molecule has 2 aromatic rings. The zero-order valence-corrected chi connectivity index (χ0v) is 21.9. The predicted octanol–water partition coefficient (Wildman–Crippen LogP) is 4.58. The minimum absolute atomic E-state index is 0.204. The van der Waals surface area contributed by atoms with E-state index in [2.05, 4.69) is 33.3 Å². The van der Waals surface area contributed by atoms with E-state index >= 15 is 0 Å². The van der Waals surface area contributed by atoms with Crippen LogP contribution in [-0.4, -0.2) is 59.9 Å². The van der Waals surface area contributed by atoms with E-state index in [-0.39, 0.29) is 12.0 Å². The summed E-state index contributed by atoms with van der Waals surface area (Å²) in [4.78, 5) is 20.0. The standard InChI is InChI=1S/C28H31F3N6O2/c1-18-23(16-34-37(18)22-6-3-20(4-7-22)28(29,30)31)26(38)35-21-5-8-25(33-15-21)27(17-32)10-12-36(13-11-27)24-9-14-39-19(24)2/h3-8,15-16,18-19,23-24H,9-14H2,1-2H3,(H,35,38). The summed E-state index contributed by atoms with van der Waals surface area (Å²) in [5.41, 5.74) is 0.253. The molecule has 0 radical (unpaired) electrons. The van der Waals surface area contributed by atoms with Gasteiger partial charge in [0.1, 0.15) is 5.41 Å². The number of rotatable bonds is 5. The maximum atomic E-state index is 13.0. The fraction of sp³-hybridized carbons (Fsp3) is 0.500. The van der Waals surface area contributed by atoms with Gasteiger partial charge in [-0.05, 0) is 69.5 Å². The number of likely N-dealkylation sites (tertiary alicyclic amines) is 1. The first-order valence-corrected chi connectivity index (χ1v) is 13.2. The molecule has 11 heteroatoms. The number of amides is 1. The number of carbonyl (C=O) groups is 1. The highest BCUT2D eigenvalue weighted by atomic mass is 19.4. The number of pyridine rings is 1. The van der Waals surface area contributed by atoms with Crippen LogP contribution in [0.5, 0.6) is 0 Å². The fourth-order valence-electron chi connectivity index (χ4n) is 5.76. The molecule has 3 aliphatic heterocycles. The second-order valence-corrected chi connectivity index (χ2v) is 10.5. The molecule has 2 saturated heterocycles. The zero-order valence-electron chi connectivity index (χ0n) is 21.9. The molecule has 2 fully saturated rings. The summed E-state index contributed by atoms with van der Waals surface area (Å²) in [6.07, 6.45) is 1.22. The molecular formula is C28H31F3N6O2. The van der Waals surface area contributed by atoms with Crippen LogP contribution < -0.4 is 10.3 Å². The molecule has 1 aromatic carbocycles. The van der Waals surface area contributed by atoms with Crippen LogP contribution in [0.3, 0.4) is 0 Å². The summed E-state index contributed by atoms with van der Waals surface area (Å²) in [6, 6.07) is 10.7. The van der Waals surface area contributed by atoms with E-state index in [9.17, 15) is 23.2 Å². The quantitative estimate of drug-likeness (QED) is 0.597. The fourth-order valence-corrected chi connectivity index (χ4v) is 5.76. The molecular weight excluding hydrogens is 509 g/mol. The number of hydrazone groups is 1. The lowest BCUT2D eigenvalue weighted by atomic mass is 9.76. The van der Waals surface area contributed by atoms with E-state index in [1.54, 1.807) is 25.3 Å². The van der Waals surface area contributed by atoms with E-state index in [0.717, 1.165) is 38.2 Å². The molecule has 1 aromatic heterocycles. The molecule has 1 amide bonds. The van der Waals surface area contributed by atoms with E-state index in [0.29, 0.717) is 36.0 Å². The van der Waals surface area contributed by atoms with Crippen molar-refractivity contribution in [3.05, 3.63) is 53.9 Å². The number of nitrogens with zero attached hydrogens (tertiary/aromatic N) is 5. The Hall–Kier alpha value is -3.49. The van der Waals surface area contributed by atoms with Crippen LogP contribution in [0.1, 0.15) is 44.4 Å². The van der Waals surface area contributed by atoms with Gasteiger partial charge in [0.05, 0.1) is 53.0 Å². The number of carbonyl (C=O) groups excluding carboxylic acids is 1. The highest BCUT2D eigenvalue weighted by molar-refractivity contribution is 6.04. The van der Waals surface area contributed by atoms with Gasteiger partial charge in [-0.2, -0.15) is 23.5 Å². The number of aromatic nitrogens is 1. The third kappa shape index (κ3) is 5.36. The zero-order chi connectivity index (χ0) is 27.8. The van der Waals surface area contributed by atoms with Gasteiger partial charge in [0.25, 0.3) is 0 Å². The summed E-state index contributed by atoms with van der Waals surface area (Å²) in [5.74, 6) is -0.907. The van der Waals surface area contributed by atoms with Gasteiger partial charge in [-0.25, -0.2) is 0 Å². The molecule has 4 heterocycles. The largest absolute Gasteiger partial charge is 0.416 e. The summed E-state index contributed by atoms with van der Waals surface area (Å²) >= 11 is 0. The molecule has 0 saturated carbocycles. The highest BCUT2D eigenvalue weighted by Gasteiger charge is 2.41. The van der Waals surface area contributed by atoms with Gasteiger partial charge in [0, 0.05) is 32.0 Å². The van der Waals surface area contributed by atoms with E-state index in [4.69, 9.17) is 4.74 Å². The molecule has 1 N–H and O–H groups in total. The average molecular weight is 541 g/mol. The molecule has 8 nitrogen and oxygen atoms in total. The number of halogens is 3. The van der Waals surface area contributed by atoms with Crippen molar-refractivity contribution in [2.45, 2.75) is 62.9 Å². The maximum Gasteiger partial charge on any atom is 0.416 e. The van der Waals surface area contributed by atoms with Gasteiger partial charge in [0.15, 0.2) is 0 Å². The van der Waals surface area contributed by atoms with Crippen LogP contribution in [0.2, 0.25) is 0 Å². The van der Waals surface area contributed by atoms with Crippen molar-refractivity contribution in [2.24, 2.45) is 11.0 Å². The molecule has 3 aliphatic rings. The number of hydrogen-bond acceptors (Lipinski definition) is 7. The van der Waals surface area contributed by atoms with Crippen LogP contribution in [-0.2, 0) is 21.1 Å². The van der Waals surface area contributed by atoms with Gasteiger partial charge in [-0.15, -0.1) is 0 Å². The van der Waals surface area contributed by atoms with Crippen LogP contribution in [0.25, 0.3) is 0 Å². The number of nitriles is 1. The third-order valence-electron chi connectivity index (χ3n) is 8.21. The van der Waals surface area contributed by atoms with Crippen LogP contribution >= 0.6 is 0 Å². The molecule has 4 unspecified atom stereocenters. The van der Waals surface area contributed by atoms with Gasteiger partial charge in [0.2, 0.25) is 5.91 Å². The first-order chi connectivity index (χ1) is 18.6. The summed E-state index contributed by atoms with van der Waals surface area (Å²) < 4.78 is 44.4. The Morgan fingerprint density at radius 2 is 1.87 bits per heavy atom. The lowest BCUT2D eigenvalue weighted by Crippen LogP contribution is -2.48. The van der Waals surface area contributed by atoms with Crippen LogP contribution in [0, 0.1) is 17.2 Å². The van der Waals surface area contributed by atoms with Crippen molar-refractivity contribution in [1.29, 1.82) is 5.26 Å².